The van der Waals surface area contributed by atoms with Gasteiger partial charge in [-0.1, -0.05) is 23.9 Å². The van der Waals surface area contributed by atoms with Crippen LogP contribution in [0.1, 0.15) is 41.6 Å². The van der Waals surface area contributed by atoms with Gasteiger partial charge < -0.3 is 10.2 Å². The predicted molar refractivity (Wildman–Crippen MR) is 89.9 cm³/mol. The maximum absolute atomic E-state index is 12.4. The maximum atomic E-state index is 12.4. The van der Waals surface area contributed by atoms with Gasteiger partial charge in [0.1, 0.15) is 4.88 Å². The molecule has 3 rings (SSSR count). The Hall–Kier alpha value is -2.28. The minimum absolute atomic E-state index is 0.130. The second-order valence-corrected chi connectivity index (χ2v) is 6.21. The number of aromatic nitrogens is 2. The molecular weight excluding hydrogens is 312 g/mol. The van der Waals surface area contributed by atoms with E-state index < -0.39 is 0 Å². The Morgan fingerprint density at radius 2 is 2.30 bits per heavy atom. The van der Waals surface area contributed by atoms with E-state index in [1.54, 1.807) is 4.90 Å². The molecule has 7 heteroatoms. The van der Waals surface area contributed by atoms with E-state index in [0.29, 0.717) is 17.0 Å². The smallest absolute Gasteiger partial charge is 0.269 e. The Labute approximate surface area is 138 Å². The molecule has 1 aliphatic heterocycles. The standard InChI is InChI=1S/C16H18N4O2S/c1-2-5-13-15(23-19-18-13)16(22)17-11-6-3-7-12(10-11)20-9-4-8-14(20)21/h3,6-7,10H,2,4-5,8-9H2,1H3,(H,17,22). The molecule has 0 aliphatic carbocycles. The molecule has 6 nitrogen and oxygen atoms in total. The van der Waals surface area contributed by atoms with Crippen LogP contribution in [0, 0.1) is 0 Å². The average Bonchev–Trinajstić information content (AvgIpc) is 3.17. The summed E-state index contributed by atoms with van der Waals surface area (Å²) in [5.74, 6) is -0.0706. The molecule has 1 aromatic carbocycles. The topological polar surface area (TPSA) is 75.2 Å². The number of aryl methyl sites for hydroxylation is 1. The summed E-state index contributed by atoms with van der Waals surface area (Å²) in [4.78, 5) is 26.5. The summed E-state index contributed by atoms with van der Waals surface area (Å²) in [6.07, 6.45) is 3.12. The van der Waals surface area contributed by atoms with Crippen molar-refractivity contribution >= 4 is 34.7 Å². The summed E-state index contributed by atoms with van der Waals surface area (Å²) in [5.41, 5.74) is 2.23. The lowest BCUT2D eigenvalue weighted by Gasteiger charge is -2.16. The van der Waals surface area contributed by atoms with Crippen LogP contribution in [0.5, 0.6) is 0 Å². The van der Waals surface area contributed by atoms with E-state index in [-0.39, 0.29) is 11.8 Å². The highest BCUT2D eigenvalue weighted by atomic mass is 32.1. The average molecular weight is 330 g/mol. The van der Waals surface area contributed by atoms with Gasteiger partial charge in [-0.15, -0.1) is 5.10 Å². The fraction of sp³-hybridized carbons (Fsp3) is 0.375. The van der Waals surface area contributed by atoms with Crippen molar-refractivity contribution < 1.29 is 9.59 Å². The summed E-state index contributed by atoms with van der Waals surface area (Å²) in [7, 11) is 0. The van der Waals surface area contributed by atoms with Crippen molar-refractivity contribution in [3.63, 3.8) is 0 Å². The van der Waals surface area contributed by atoms with Gasteiger partial charge in [0, 0.05) is 24.3 Å². The zero-order valence-corrected chi connectivity index (χ0v) is 13.7. The van der Waals surface area contributed by atoms with Crippen molar-refractivity contribution in [1.82, 2.24) is 9.59 Å². The Balaban J connectivity index is 1.76. The molecule has 1 saturated heterocycles. The fourth-order valence-corrected chi connectivity index (χ4v) is 3.25. The van der Waals surface area contributed by atoms with Gasteiger partial charge in [0.2, 0.25) is 5.91 Å². The van der Waals surface area contributed by atoms with E-state index in [2.05, 4.69) is 14.9 Å². The first kappa shape index (κ1) is 15.6. The Kier molecular flexibility index (Phi) is 4.66. The highest BCUT2D eigenvalue weighted by Crippen LogP contribution is 2.25. The lowest BCUT2D eigenvalue weighted by atomic mass is 10.2. The van der Waals surface area contributed by atoms with Gasteiger partial charge in [0.05, 0.1) is 5.69 Å². The second kappa shape index (κ2) is 6.87. The molecule has 0 bridgehead atoms. The van der Waals surface area contributed by atoms with E-state index in [0.717, 1.165) is 48.7 Å². The number of carbonyl (C=O) groups is 2. The fourth-order valence-electron chi connectivity index (χ4n) is 2.64. The molecule has 1 aliphatic rings. The number of nitrogens with one attached hydrogen (secondary N) is 1. The SMILES string of the molecule is CCCc1nnsc1C(=O)Nc1cccc(N2CCCC2=O)c1. The first-order chi connectivity index (χ1) is 11.2. The number of amides is 2. The van der Waals surface area contributed by atoms with Crippen LogP contribution in [-0.2, 0) is 11.2 Å². The summed E-state index contributed by atoms with van der Waals surface area (Å²) in [5, 5.41) is 6.89. The van der Waals surface area contributed by atoms with Gasteiger partial charge >= 0.3 is 0 Å². The summed E-state index contributed by atoms with van der Waals surface area (Å²) in [6.45, 7) is 2.77. The minimum Gasteiger partial charge on any atom is -0.321 e. The zero-order valence-electron chi connectivity index (χ0n) is 12.9. The molecule has 1 N–H and O–H groups in total. The maximum Gasteiger partial charge on any atom is 0.269 e. The number of hydrogen-bond donors (Lipinski definition) is 1. The Bertz CT molecular complexity index is 728. The van der Waals surface area contributed by atoms with Crippen LogP contribution >= 0.6 is 11.5 Å². The lowest BCUT2D eigenvalue weighted by Crippen LogP contribution is -2.23. The molecule has 1 aromatic heterocycles. The molecule has 2 heterocycles. The molecule has 120 valence electrons. The number of benzene rings is 1. The Morgan fingerprint density at radius 3 is 3.04 bits per heavy atom. The number of carbonyl (C=O) groups excluding carboxylic acids is 2. The van der Waals surface area contributed by atoms with Gasteiger partial charge in [-0.05, 0) is 42.6 Å². The summed E-state index contributed by atoms with van der Waals surface area (Å²) >= 11 is 1.11. The van der Waals surface area contributed by atoms with E-state index in [9.17, 15) is 9.59 Å². The van der Waals surface area contributed by atoms with Crippen LogP contribution in [-0.4, -0.2) is 27.9 Å². The molecule has 2 aromatic rings. The molecule has 0 radical (unpaired) electrons. The monoisotopic (exact) mass is 330 g/mol. The van der Waals surface area contributed by atoms with E-state index in [4.69, 9.17) is 0 Å². The molecule has 1 fully saturated rings. The van der Waals surface area contributed by atoms with Crippen LogP contribution in [0.2, 0.25) is 0 Å². The van der Waals surface area contributed by atoms with Crippen LogP contribution < -0.4 is 10.2 Å². The number of anilines is 2. The van der Waals surface area contributed by atoms with E-state index in [1.807, 2.05) is 31.2 Å². The first-order valence-electron chi connectivity index (χ1n) is 7.72. The third-order valence-corrected chi connectivity index (χ3v) is 4.50. The van der Waals surface area contributed by atoms with Gasteiger partial charge in [0.15, 0.2) is 0 Å². The van der Waals surface area contributed by atoms with Crippen molar-refractivity contribution in [2.75, 3.05) is 16.8 Å². The third-order valence-electron chi connectivity index (χ3n) is 3.74. The van der Waals surface area contributed by atoms with Crippen LogP contribution in [0.3, 0.4) is 0 Å². The summed E-state index contributed by atoms with van der Waals surface area (Å²) < 4.78 is 3.87. The predicted octanol–water partition coefficient (Wildman–Crippen LogP) is 2.87. The molecule has 23 heavy (non-hydrogen) atoms. The summed E-state index contributed by atoms with van der Waals surface area (Å²) in [6, 6.07) is 7.37. The lowest BCUT2D eigenvalue weighted by molar-refractivity contribution is -0.117. The molecular formula is C16H18N4O2S. The highest BCUT2D eigenvalue weighted by molar-refractivity contribution is 7.08. The van der Waals surface area contributed by atoms with Crippen molar-refractivity contribution in [3.8, 4) is 0 Å². The van der Waals surface area contributed by atoms with Crippen LogP contribution in [0.25, 0.3) is 0 Å². The van der Waals surface area contributed by atoms with Gasteiger partial charge in [0.25, 0.3) is 5.91 Å². The van der Waals surface area contributed by atoms with Crippen molar-refractivity contribution in [2.45, 2.75) is 32.6 Å². The normalized spacial score (nSPS) is 14.3. The number of nitrogens with zero attached hydrogens (tertiary/aromatic N) is 3. The second-order valence-electron chi connectivity index (χ2n) is 5.45. The third kappa shape index (κ3) is 3.39. The zero-order chi connectivity index (χ0) is 16.2. The minimum atomic E-state index is -0.201. The van der Waals surface area contributed by atoms with Gasteiger partial charge in [-0.2, -0.15) is 0 Å². The van der Waals surface area contributed by atoms with Crippen LogP contribution in [0.15, 0.2) is 24.3 Å². The molecule has 0 saturated carbocycles. The molecule has 2 amide bonds. The van der Waals surface area contributed by atoms with Crippen molar-refractivity contribution in [3.05, 3.63) is 34.8 Å². The van der Waals surface area contributed by atoms with Crippen molar-refractivity contribution in [1.29, 1.82) is 0 Å². The molecule has 0 unspecified atom stereocenters. The van der Waals surface area contributed by atoms with Gasteiger partial charge in [-0.3, -0.25) is 9.59 Å². The highest BCUT2D eigenvalue weighted by Gasteiger charge is 2.22. The van der Waals surface area contributed by atoms with Crippen LogP contribution in [0.4, 0.5) is 11.4 Å². The quantitative estimate of drug-likeness (QED) is 0.914. The number of rotatable bonds is 5. The largest absolute Gasteiger partial charge is 0.321 e. The first-order valence-corrected chi connectivity index (χ1v) is 8.49. The van der Waals surface area contributed by atoms with E-state index in [1.165, 1.54) is 0 Å². The molecule has 0 atom stereocenters. The van der Waals surface area contributed by atoms with Crippen molar-refractivity contribution in [2.24, 2.45) is 0 Å². The molecule has 0 spiro atoms. The van der Waals surface area contributed by atoms with E-state index >= 15 is 0 Å². The Morgan fingerprint density at radius 1 is 1.43 bits per heavy atom. The van der Waals surface area contributed by atoms with Gasteiger partial charge in [-0.25, -0.2) is 0 Å². The number of hydrogen-bond acceptors (Lipinski definition) is 5.